The number of amides is 1. The summed E-state index contributed by atoms with van der Waals surface area (Å²) >= 11 is 0. The van der Waals surface area contributed by atoms with E-state index in [-0.39, 0.29) is 30.7 Å². The van der Waals surface area contributed by atoms with Crippen molar-refractivity contribution in [3.05, 3.63) is 18.0 Å². The molecule has 1 aromatic heterocycles. The van der Waals surface area contributed by atoms with Crippen molar-refractivity contribution in [2.75, 3.05) is 20.1 Å². The second-order valence-corrected chi connectivity index (χ2v) is 6.06. The highest BCUT2D eigenvalue weighted by Crippen LogP contribution is 2.23. The maximum atomic E-state index is 12.3. The van der Waals surface area contributed by atoms with Gasteiger partial charge in [-0.2, -0.15) is 5.10 Å². The van der Waals surface area contributed by atoms with Gasteiger partial charge in [0.25, 0.3) is 0 Å². The van der Waals surface area contributed by atoms with Gasteiger partial charge in [0.05, 0.1) is 6.20 Å². The summed E-state index contributed by atoms with van der Waals surface area (Å²) in [6, 6.07) is 0. The average Bonchev–Trinajstić information content (AvgIpc) is 2.85. The number of halogens is 2. The highest BCUT2D eigenvalue weighted by molar-refractivity contribution is 5.85. The van der Waals surface area contributed by atoms with E-state index in [0.717, 1.165) is 18.7 Å². The van der Waals surface area contributed by atoms with Crippen LogP contribution in [0.15, 0.2) is 12.4 Å². The fraction of sp³-hybridized carbons (Fsp3) is 0.733. The molecule has 2 rings (SSSR count). The third-order valence-corrected chi connectivity index (χ3v) is 4.24. The first kappa shape index (κ1) is 21.2. The van der Waals surface area contributed by atoms with Gasteiger partial charge in [0.1, 0.15) is 0 Å². The summed E-state index contributed by atoms with van der Waals surface area (Å²) in [7, 11) is 3.77. The molecule has 1 fully saturated rings. The number of nitrogens with zero attached hydrogens (tertiary/aromatic N) is 3. The summed E-state index contributed by atoms with van der Waals surface area (Å²) in [5.41, 5.74) is 1.08. The monoisotopic (exact) mass is 350 g/mol. The predicted molar refractivity (Wildman–Crippen MR) is 93.6 cm³/mol. The molecule has 0 aromatic carbocycles. The van der Waals surface area contributed by atoms with E-state index in [4.69, 9.17) is 0 Å². The quantitative estimate of drug-likeness (QED) is 0.885. The van der Waals surface area contributed by atoms with E-state index in [9.17, 15) is 4.79 Å². The second-order valence-electron chi connectivity index (χ2n) is 6.06. The molecular weight excluding hydrogens is 323 g/mol. The van der Waals surface area contributed by atoms with Crippen LogP contribution in [0.25, 0.3) is 0 Å². The number of hydrogen-bond acceptors (Lipinski definition) is 3. The van der Waals surface area contributed by atoms with Gasteiger partial charge in [-0.05, 0) is 37.8 Å². The SMILES string of the molecule is CC(CC(=O)N(C)Cc1cnn(C)c1)C1CCCNC1.Cl.Cl. The Balaban J connectivity index is 0.00000220. The van der Waals surface area contributed by atoms with E-state index in [1.54, 1.807) is 4.68 Å². The number of rotatable bonds is 5. The Hall–Kier alpha value is -0.780. The highest BCUT2D eigenvalue weighted by atomic mass is 35.5. The number of hydrogen-bond donors (Lipinski definition) is 1. The van der Waals surface area contributed by atoms with Gasteiger partial charge < -0.3 is 10.2 Å². The van der Waals surface area contributed by atoms with Crippen molar-refractivity contribution in [2.24, 2.45) is 18.9 Å². The molecule has 2 unspecified atom stereocenters. The van der Waals surface area contributed by atoms with Crippen molar-refractivity contribution >= 4 is 30.7 Å². The Morgan fingerprint density at radius 1 is 1.55 bits per heavy atom. The number of carbonyl (C=O) groups excluding carboxylic acids is 1. The molecule has 2 atom stereocenters. The third kappa shape index (κ3) is 6.15. The Kier molecular flexibility index (Phi) is 9.72. The first-order valence-corrected chi connectivity index (χ1v) is 7.48. The molecule has 0 bridgehead atoms. The van der Waals surface area contributed by atoms with Crippen LogP contribution in [0.4, 0.5) is 0 Å². The van der Waals surface area contributed by atoms with E-state index in [2.05, 4.69) is 17.3 Å². The molecule has 0 aliphatic carbocycles. The van der Waals surface area contributed by atoms with Crippen LogP contribution in [0.5, 0.6) is 0 Å². The standard InChI is InChI=1S/C15H26N4O.2ClH/c1-12(14-5-4-6-16-9-14)7-15(20)18(2)10-13-8-17-19(3)11-13;;/h8,11-12,14,16H,4-7,9-10H2,1-3H3;2*1H. The van der Waals surface area contributed by atoms with Crippen molar-refractivity contribution in [1.29, 1.82) is 0 Å². The Bertz CT molecular complexity index is 447. The number of aryl methyl sites for hydroxylation is 1. The molecule has 1 aliphatic heterocycles. The smallest absolute Gasteiger partial charge is 0.222 e. The lowest BCUT2D eigenvalue weighted by Gasteiger charge is -2.29. The molecule has 1 aliphatic rings. The summed E-state index contributed by atoms with van der Waals surface area (Å²) in [5, 5.41) is 7.56. The molecule has 2 heterocycles. The molecule has 0 radical (unpaired) electrons. The first-order chi connectivity index (χ1) is 9.56. The minimum atomic E-state index is 0. The fourth-order valence-corrected chi connectivity index (χ4v) is 2.88. The van der Waals surface area contributed by atoms with Gasteiger partial charge in [0, 0.05) is 38.8 Å². The lowest BCUT2D eigenvalue weighted by atomic mass is 9.85. The summed E-state index contributed by atoms with van der Waals surface area (Å²) in [6.45, 7) is 5.02. The molecule has 7 heteroatoms. The van der Waals surface area contributed by atoms with Gasteiger partial charge in [0.2, 0.25) is 5.91 Å². The minimum Gasteiger partial charge on any atom is -0.341 e. The van der Waals surface area contributed by atoms with Crippen LogP contribution < -0.4 is 5.32 Å². The summed E-state index contributed by atoms with van der Waals surface area (Å²) < 4.78 is 1.77. The molecule has 1 aromatic rings. The van der Waals surface area contributed by atoms with Crippen molar-refractivity contribution in [2.45, 2.75) is 32.7 Å². The fourth-order valence-electron chi connectivity index (χ4n) is 2.88. The van der Waals surface area contributed by atoms with Gasteiger partial charge in [-0.25, -0.2) is 0 Å². The Morgan fingerprint density at radius 3 is 2.82 bits per heavy atom. The summed E-state index contributed by atoms with van der Waals surface area (Å²) in [5.74, 6) is 1.32. The lowest BCUT2D eigenvalue weighted by molar-refractivity contribution is -0.131. The molecule has 5 nitrogen and oxygen atoms in total. The van der Waals surface area contributed by atoms with Crippen molar-refractivity contribution < 1.29 is 4.79 Å². The van der Waals surface area contributed by atoms with Crippen molar-refractivity contribution in [3.63, 3.8) is 0 Å². The van der Waals surface area contributed by atoms with Gasteiger partial charge in [-0.15, -0.1) is 24.8 Å². The zero-order valence-corrected chi connectivity index (χ0v) is 15.3. The molecule has 1 amide bonds. The topological polar surface area (TPSA) is 50.2 Å². The van der Waals surface area contributed by atoms with E-state index in [0.29, 0.717) is 24.8 Å². The first-order valence-electron chi connectivity index (χ1n) is 7.48. The normalized spacial score (nSPS) is 18.8. The van der Waals surface area contributed by atoms with Gasteiger partial charge in [0.15, 0.2) is 0 Å². The average molecular weight is 351 g/mol. The molecular formula is C15H28Cl2N4O. The molecule has 0 saturated carbocycles. The largest absolute Gasteiger partial charge is 0.341 e. The summed E-state index contributed by atoms with van der Waals surface area (Å²) in [4.78, 5) is 14.1. The van der Waals surface area contributed by atoms with E-state index in [1.165, 1.54) is 12.8 Å². The Labute approximate surface area is 145 Å². The minimum absolute atomic E-state index is 0. The summed E-state index contributed by atoms with van der Waals surface area (Å²) in [6.07, 6.45) is 6.89. The van der Waals surface area contributed by atoms with E-state index < -0.39 is 0 Å². The molecule has 1 N–H and O–H groups in total. The van der Waals surface area contributed by atoms with Crippen LogP contribution in [0.2, 0.25) is 0 Å². The van der Waals surface area contributed by atoms with Gasteiger partial charge in [-0.1, -0.05) is 6.92 Å². The lowest BCUT2D eigenvalue weighted by Crippen LogP contribution is -2.36. The van der Waals surface area contributed by atoms with Crippen molar-refractivity contribution in [3.8, 4) is 0 Å². The van der Waals surface area contributed by atoms with Gasteiger partial charge in [-0.3, -0.25) is 9.48 Å². The van der Waals surface area contributed by atoms with Crippen molar-refractivity contribution in [1.82, 2.24) is 20.0 Å². The van der Waals surface area contributed by atoms with Crippen LogP contribution in [0.1, 0.15) is 31.7 Å². The third-order valence-electron chi connectivity index (χ3n) is 4.24. The maximum absolute atomic E-state index is 12.3. The Morgan fingerprint density at radius 2 is 2.27 bits per heavy atom. The zero-order chi connectivity index (χ0) is 14.5. The number of nitrogens with one attached hydrogen (secondary N) is 1. The maximum Gasteiger partial charge on any atom is 0.222 e. The number of piperidine rings is 1. The van der Waals surface area contributed by atoms with E-state index in [1.807, 2.05) is 31.4 Å². The highest BCUT2D eigenvalue weighted by Gasteiger charge is 2.23. The van der Waals surface area contributed by atoms with E-state index >= 15 is 0 Å². The van der Waals surface area contributed by atoms with Crippen LogP contribution in [0.3, 0.4) is 0 Å². The number of aromatic nitrogens is 2. The van der Waals surface area contributed by atoms with Crippen LogP contribution in [-0.4, -0.2) is 40.7 Å². The molecule has 128 valence electrons. The van der Waals surface area contributed by atoms with Crippen LogP contribution in [-0.2, 0) is 18.4 Å². The molecule has 22 heavy (non-hydrogen) atoms. The predicted octanol–water partition coefficient (Wildman–Crippen LogP) is 2.25. The molecule has 1 saturated heterocycles. The van der Waals surface area contributed by atoms with Gasteiger partial charge >= 0.3 is 0 Å². The number of carbonyl (C=O) groups is 1. The second kappa shape index (κ2) is 10.1. The van der Waals surface area contributed by atoms with Crippen LogP contribution in [0, 0.1) is 11.8 Å². The van der Waals surface area contributed by atoms with Crippen LogP contribution >= 0.6 is 24.8 Å². The molecule has 0 spiro atoms. The zero-order valence-electron chi connectivity index (χ0n) is 13.6.